The number of carbonyl (C=O) groups excluding carboxylic acids is 1. The van der Waals surface area contributed by atoms with E-state index in [1.165, 1.54) is 18.1 Å². The van der Waals surface area contributed by atoms with E-state index < -0.39 is 5.41 Å². The number of aromatic nitrogens is 1. The van der Waals surface area contributed by atoms with Crippen LogP contribution in [-0.4, -0.2) is 36.1 Å². The lowest BCUT2D eigenvalue weighted by Gasteiger charge is -2.41. The Labute approximate surface area is 144 Å². The SMILES string of the molecule is CCN1Cc2c([nH]c3ccccc23)C(C)(C(=O)OC)CC(C)(C)C1. The predicted octanol–water partition coefficient (Wildman–Crippen LogP) is 3.85. The van der Waals surface area contributed by atoms with Crippen LogP contribution in [0.4, 0.5) is 0 Å². The van der Waals surface area contributed by atoms with Crippen LogP contribution in [0.5, 0.6) is 0 Å². The van der Waals surface area contributed by atoms with Gasteiger partial charge in [0.15, 0.2) is 0 Å². The van der Waals surface area contributed by atoms with Crippen molar-refractivity contribution in [3.8, 4) is 0 Å². The Hall–Kier alpha value is -1.81. The molecule has 1 aliphatic heterocycles. The molecule has 3 rings (SSSR count). The van der Waals surface area contributed by atoms with E-state index in [-0.39, 0.29) is 11.4 Å². The molecule has 0 saturated heterocycles. The van der Waals surface area contributed by atoms with Crippen LogP contribution >= 0.6 is 0 Å². The summed E-state index contributed by atoms with van der Waals surface area (Å²) < 4.78 is 5.22. The van der Waals surface area contributed by atoms with Gasteiger partial charge in [0, 0.05) is 29.7 Å². The Morgan fingerprint density at radius 2 is 2.00 bits per heavy atom. The molecule has 1 N–H and O–H groups in total. The number of benzene rings is 1. The van der Waals surface area contributed by atoms with Gasteiger partial charge in [-0.3, -0.25) is 9.69 Å². The van der Waals surface area contributed by atoms with Crippen molar-refractivity contribution in [2.24, 2.45) is 5.41 Å². The predicted molar refractivity (Wildman–Crippen MR) is 97.0 cm³/mol. The normalized spacial score (nSPS) is 24.2. The van der Waals surface area contributed by atoms with Crippen molar-refractivity contribution in [1.29, 1.82) is 0 Å². The summed E-state index contributed by atoms with van der Waals surface area (Å²) in [6, 6.07) is 8.32. The maximum atomic E-state index is 12.8. The summed E-state index contributed by atoms with van der Waals surface area (Å²) in [6.45, 7) is 11.5. The molecule has 0 saturated carbocycles. The van der Waals surface area contributed by atoms with Crippen LogP contribution in [0.25, 0.3) is 10.9 Å². The molecular formula is C20H28N2O2. The van der Waals surface area contributed by atoms with Crippen LogP contribution in [-0.2, 0) is 21.5 Å². The Balaban J connectivity index is 2.27. The van der Waals surface area contributed by atoms with Crippen molar-refractivity contribution in [1.82, 2.24) is 9.88 Å². The number of hydrogen-bond acceptors (Lipinski definition) is 3. The van der Waals surface area contributed by atoms with Gasteiger partial charge in [0.2, 0.25) is 0 Å². The summed E-state index contributed by atoms with van der Waals surface area (Å²) in [7, 11) is 1.49. The summed E-state index contributed by atoms with van der Waals surface area (Å²) in [5.41, 5.74) is 2.70. The number of ether oxygens (including phenoxy) is 1. The van der Waals surface area contributed by atoms with E-state index >= 15 is 0 Å². The highest BCUT2D eigenvalue weighted by Crippen LogP contribution is 2.43. The third kappa shape index (κ3) is 2.73. The van der Waals surface area contributed by atoms with Gasteiger partial charge in [0.05, 0.1) is 7.11 Å². The number of hydrogen-bond donors (Lipinski definition) is 1. The Morgan fingerprint density at radius 1 is 1.29 bits per heavy atom. The minimum Gasteiger partial charge on any atom is -0.468 e. The van der Waals surface area contributed by atoms with Crippen LogP contribution < -0.4 is 0 Å². The summed E-state index contributed by atoms with van der Waals surface area (Å²) >= 11 is 0. The van der Waals surface area contributed by atoms with Gasteiger partial charge in [0.1, 0.15) is 5.41 Å². The third-order valence-corrected chi connectivity index (χ3v) is 5.31. The fraction of sp³-hybridized carbons (Fsp3) is 0.550. The van der Waals surface area contributed by atoms with E-state index in [0.717, 1.165) is 37.3 Å². The molecule has 0 spiro atoms. The number of nitrogens with zero attached hydrogens (tertiary/aromatic N) is 1. The van der Waals surface area contributed by atoms with Gasteiger partial charge in [-0.05, 0) is 36.9 Å². The zero-order chi connectivity index (χ0) is 17.5. The molecule has 0 radical (unpaired) electrons. The Kier molecular flexibility index (Phi) is 4.20. The number of H-pyrrole nitrogens is 1. The quantitative estimate of drug-likeness (QED) is 0.852. The largest absolute Gasteiger partial charge is 0.468 e. The number of rotatable bonds is 2. The number of aromatic amines is 1. The molecule has 0 amide bonds. The Bertz CT molecular complexity index is 762. The zero-order valence-electron chi connectivity index (χ0n) is 15.4. The van der Waals surface area contributed by atoms with Crippen molar-refractivity contribution in [3.05, 3.63) is 35.5 Å². The maximum Gasteiger partial charge on any atom is 0.317 e. The number of fused-ring (bicyclic) bond motifs is 3. The lowest BCUT2D eigenvalue weighted by Crippen LogP contribution is -2.46. The van der Waals surface area contributed by atoms with Gasteiger partial charge in [-0.15, -0.1) is 0 Å². The topological polar surface area (TPSA) is 45.3 Å². The lowest BCUT2D eigenvalue weighted by molar-refractivity contribution is -0.148. The van der Waals surface area contributed by atoms with Crippen LogP contribution in [0.15, 0.2) is 24.3 Å². The Morgan fingerprint density at radius 3 is 2.67 bits per heavy atom. The first kappa shape index (κ1) is 17.0. The van der Waals surface area contributed by atoms with Gasteiger partial charge in [-0.2, -0.15) is 0 Å². The summed E-state index contributed by atoms with van der Waals surface area (Å²) in [6.07, 6.45) is 0.753. The molecule has 2 aromatic rings. The van der Waals surface area contributed by atoms with Crippen molar-refractivity contribution in [2.45, 2.75) is 46.1 Å². The molecule has 0 aliphatic carbocycles. The molecule has 24 heavy (non-hydrogen) atoms. The molecule has 1 aliphatic rings. The third-order valence-electron chi connectivity index (χ3n) is 5.31. The van der Waals surface area contributed by atoms with Crippen molar-refractivity contribution in [2.75, 3.05) is 20.2 Å². The molecule has 0 fully saturated rings. The summed E-state index contributed by atoms with van der Waals surface area (Å²) in [4.78, 5) is 18.8. The monoisotopic (exact) mass is 328 g/mol. The average Bonchev–Trinajstić information content (AvgIpc) is 2.90. The second kappa shape index (κ2) is 5.92. The first-order valence-corrected chi connectivity index (χ1v) is 8.71. The molecule has 0 bridgehead atoms. The molecule has 4 heteroatoms. The number of esters is 1. The fourth-order valence-corrected chi connectivity index (χ4v) is 4.44. The van der Waals surface area contributed by atoms with Gasteiger partial charge >= 0.3 is 5.97 Å². The minimum atomic E-state index is -0.660. The van der Waals surface area contributed by atoms with Crippen molar-refractivity contribution >= 4 is 16.9 Å². The second-order valence-electron chi connectivity index (χ2n) is 7.99. The van der Waals surface area contributed by atoms with Crippen LogP contribution in [0.3, 0.4) is 0 Å². The number of nitrogens with one attached hydrogen (secondary N) is 1. The lowest BCUT2D eigenvalue weighted by atomic mass is 9.69. The zero-order valence-corrected chi connectivity index (χ0v) is 15.4. The first-order chi connectivity index (χ1) is 11.3. The fourth-order valence-electron chi connectivity index (χ4n) is 4.44. The molecule has 1 aromatic carbocycles. The van der Waals surface area contributed by atoms with Crippen molar-refractivity contribution < 1.29 is 9.53 Å². The number of methoxy groups -OCH3 is 1. The van der Waals surface area contributed by atoms with Gasteiger partial charge in [-0.25, -0.2) is 0 Å². The molecule has 1 unspecified atom stereocenters. The average molecular weight is 328 g/mol. The van der Waals surface area contributed by atoms with Gasteiger partial charge in [0.25, 0.3) is 0 Å². The standard InChI is InChI=1S/C20H28N2O2/c1-6-22-11-15-14-9-7-8-10-16(14)21-17(15)20(4,18(23)24-5)12-19(2,3)13-22/h7-10,21H,6,11-13H2,1-5H3. The van der Waals surface area contributed by atoms with Gasteiger partial charge < -0.3 is 9.72 Å². The van der Waals surface area contributed by atoms with E-state index in [1.54, 1.807) is 0 Å². The van der Waals surface area contributed by atoms with E-state index in [2.05, 4.69) is 48.9 Å². The molecule has 1 atom stereocenters. The highest BCUT2D eigenvalue weighted by atomic mass is 16.5. The van der Waals surface area contributed by atoms with Crippen LogP contribution in [0, 0.1) is 5.41 Å². The number of carbonyl (C=O) groups is 1. The van der Waals surface area contributed by atoms with Gasteiger partial charge in [-0.1, -0.05) is 39.0 Å². The molecule has 4 nitrogen and oxygen atoms in total. The van der Waals surface area contributed by atoms with Crippen LogP contribution in [0.1, 0.15) is 45.4 Å². The van der Waals surface area contributed by atoms with E-state index in [1.807, 2.05) is 13.0 Å². The number of para-hydroxylation sites is 1. The highest BCUT2D eigenvalue weighted by Gasteiger charge is 2.46. The second-order valence-corrected chi connectivity index (χ2v) is 7.99. The first-order valence-electron chi connectivity index (χ1n) is 8.71. The van der Waals surface area contributed by atoms with E-state index in [4.69, 9.17) is 4.74 Å². The van der Waals surface area contributed by atoms with Crippen LogP contribution in [0.2, 0.25) is 0 Å². The highest BCUT2D eigenvalue weighted by molar-refractivity contribution is 5.90. The molecule has 2 heterocycles. The molecule has 1 aromatic heterocycles. The summed E-state index contributed by atoms with van der Waals surface area (Å²) in [5.74, 6) is -0.159. The maximum absolute atomic E-state index is 12.8. The van der Waals surface area contributed by atoms with E-state index in [0.29, 0.717) is 0 Å². The van der Waals surface area contributed by atoms with Crippen molar-refractivity contribution in [3.63, 3.8) is 0 Å². The minimum absolute atomic E-state index is 0.0218. The smallest absolute Gasteiger partial charge is 0.317 e. The molecular weight excluding hydrogens is 300 g/mol. The van der Waals surface area contributed by atoms with E-state index in [9.17, 15) is 4.79 Å². The summed E-state index contributed by atoms with van der Waals surface area (Å²) in [5, 5.41) is 1.21. The molecule has 130 valence electrons.